The number of carbonyl (C=O) groups excluding carboxylic acids is 1. The van der Waals surface area contributed by atoms with Crippen LogP contribution in [0.3, 0.4) is 0 Å². The van der Waals surface area contributed by atoms with E-state index in [9.17, 15) is 4.79 Å². The Morgan fingerprint density at radius 1 is 1.15 bits per heavy atom. The van der Waals surface area contributed by atoms with Gasteiger partial charge in [0.25, 0.3) is 0 Å². The number of rotatable bonds is 4. The van der Waals surface area contributed by atoms with Crippen molar-refractivity contribution in [3.63, 3.8) is 0 Å². The molecule has 0 saturated heterocycles. The van der Waals surface area contributed by atoms with E-state index in [1.807, 2.05) is 34.7 Å². The first-order valence-corrected chi connectivity index (χ1v) is 9.48. The fourth-order valence-corrected chi connectivity index (χ4v) is 3.93. The number of fused-ring (bicyclic) bond motifs is 1. The van der Waals surface area contributed by atoms with Gasteiger partial charge in [-0.1, -0.05) is 36.0 Å². The van der Waals surface area contributed by atoms with Gasteiger partial charge in [-0.2, -0.15) is 0 Å². The average molecular weight is 365 g/mol. The second kappa shape index (κ2) is 7.29. The topological polar surface area (TPSA) is 63.9 Å². The molecule has 0 radical (unpaired) electrons. The van der Waals surface area contributed by atoms with E-state index in [4.69, 9.17) is 0 Å². The molecule has 3 aromatic rings. The molecule has 1 amide bonds. The van der Waals surface area contributed by atoms with E-state index in [-0.39, 0.29) is 5.91 Å². The van der Waals surface area contributed by atoms with Crippen LogP contribution in [0.1, 0.15) is 11.1 Å². The Kier molecular flexibility index (Phi) is 4.71. The summed E-state index contributed by atoms with van der Waals surface area (Å²) in [7, 11) is 1.91. The number of thioether (sulfide) groups is 1. The standard InChI is InChI=1S/C19H19N5OS/c1-23-18(15-7-4-9-20-11-15)21-22-19(23)26-13-17(25)24-10-8-14-5-2-3-6-16(14)12-24/h2-7,9,11H,8,10,12-13H2,1H3. The molecule has 0 unspecified atom stereocenters. The van der Waals surface area contributed by atoms with Crippen LogP contribution in [-0.2, 0) is 24.8 Å². The van der Waals surface area contributed by atoms with Crippen molar-refractivity contribution in [3.8, 4) is 11.4 Å². The normalized spacial score (nSPS) is 13.5. The van der Waals surface area contributed by atoms with Crippen molar-refractivity contribution in [1.82, 2.24) is 24.6 Å². The number of carbonyl (C=O) groups is 1. The van der Waals surface area contributed by atoms with E-state index in [1.54, 1.807) is 12.4 Å². The number of benzene rings is 1. The van der Waals surface area contributed by atoms with Crippen molar-refractivity contribution < 1.29 is 4.79 Å². The van der Waals surface area contributed by atoms with Crippen LogP contribution < -0.4 is 0 Å². The monoisotopic (exact) mass is 365 g/mol. The second-order valence-electron chi connectivity index (χ2n) is 6.23. The van der Waals surface area contributed by atoms with E-state index in [2.05, 4.69) is 33.4 Å². The number of hydrogen-bond donors (Lipinski definition) is 0. The minimum absolute atomic E-state index is 0.135. The summed E-state index contributed by atoms with van der Waals surface area (Å²) in [6, 6.07) is 12.1. The molecule has 26 heavy (non-hydrogen) atoms. The van der Waals surface area contributed by atoms with E-state index in [1.165, 1.54) is 22.9 Å². The van der Waals surface area contributed by atoms with Gasteiger partial charge in [0.15, 0.2) is 11.0 Å². The van der Waals surface area contributed by atoms with Gasteiger partial charge in [-0.15, -0.1) is 10.2 Å². The first-order chi connectivity index (χ1) is 12.7. The summed E-state index contributed by atoms with van der Waals surface area (Å²) in [5.41, 5.74) is 3.50. The van der Waals surface area contributed by atoms with Gasteiger partial charge < -0.3 is 9.47 Å². The highest BCUT2D eigenvalue weighted by molar-refractivity contribution is 7.99. The van der Waals surface area contributed by atoms with Gasteiger partial charge in [0.2, 0.25) is 5.91 Å². The Hall–Kier alpha value is -2.67. The average Bonchev–Trinajstić information content (AvgIpc) is 3.07. The minimum Gasteiger partial charge on any atom is -0.337 e. The van der Waals surface area contributed by atoms with E-state index in [0.29, 0.717) is 12.3 Å². The smallest absolute Gasteiger partial charge is 0.233 e. The maximum absolute atomic E-state index is 12.6. The molecule has 0 N–H and O–H groups in total. The quantitative estimate of drug-likeness (QED) is 0.665. The lowest BCUT2D eigenvalue weighted by Gasteiger charge is -2.28. The highest BCUT2D eigenvalue weighted by Gasteiger charge is 2.21. The third kappa shape index (κ3) is 3.35. The molecule has 7 heteroatoms. The zero-order chi connectivity index (χ0) is 17.9. The van der Waals surface area contributed by atoms with E-state index < -0.39 is 0 Å². The number of nitrogens with zero attached hydrogens (tertiary/aromatic N) is 5. The van der Waals surface area contributed by atoms with Crippen molar-refractivity contribution in [1.29, 1.82) is 0 Å². The summed E-state index contributed by atoms with van der Waals surface area (Å²) in [6.45, 7) is 1.46. The maximum Gasteiger partial charge on any atom is 0.233 e. The van der Waals surface area contributed by atoms with Crippen molar-refractivity contribution in [2.24, 2.45) is 7.05 Å². The lowest BCUT2D eigenvalue weighted by molar-refractivity contribution is -0.129. The largest absolute Gasteiger partial charge is 0.337 e. The lowest BCUT2D eigenvalue weighted by atomic mass is 10.00. The van der Waals surface area contributed by atoms with Crippen LogP contribution in [0.2, 0.25) is 0 Å². The molecule has 1 aliphatic rings. The summed E-state index contributed by atoms with van der Waals surface area (Å²) in [5.74, 6) is 1.25. The van der Waals surface area contributed by atoms with Gasteiger partial charge >= 0.3 is 0 Å². The van der Waals surface area contributed by atoms with Crippen molar-refractivity contribution >= 4 is 17.7 Å². The van der Waals surface area contributed by atoms with E-state index in [0.717, 1.165) is 29.5 Å². The summed E-state index contributed by atoms with van der Waals surface area (Å²) >= 11 is 1.42. The first-order valence-electron chi connectivity index (χ1n) is 8.49. The molecular formula is C19H19N5OS. The highest BCUT2D eigenvalue weighted by atomic mass is 32.2. The van der Waals surface area contributed by atoms with Gasteiger partial charge in [0.05, 0.1) is 5.75 Å². The predicted molar refractivity (Wildman–Crippen MR) is 101 cm³/mol. The molecule has 1 aliphatic heterocycles. The Balaban J connectivity index is 1.41. The molecule has 0 fully saturated rings. The summed E-state index contributed by atoms with van der Waals surface area (Å²) in [5, 5.41) is 9.19. The van der Waals surface area contributed by atoms with Gasteiger partial charge in [-0.05, 0) is 29.7 Å². The lowest BCUT2D eigenvalue weighted by Crippen LogP contribution is -2.37. The van der Waals surface area contributed by atoms with Crippen LogP contribution in [0.5, 0.6) is 0 Å². The Morgan fingerprint density at radius 2 is 2.00 bits per heavy atom. The molecule has 132 valence electrons. The van der Waals surface area contributed by atoms with Crippen molar-refractivity contribution in [2.75, 3.05) is 12.3 Å². The highest BCUT2D eigenvalue weighted by Crippen LogP contribution is 2.24. The van der Waals surface area contributed by atoms with Crippen molar-refractivity contribution in [3.05, 3.63) is 59.9 Å². The third-order valence-corrected chi connectivity index (χ3v) is 5.57. The van der Waals surface area contributed by atoms with Crippen LogP contribution in [0.15, 0.2) is 53.9 Å². The van der Waals surface area contributed by atoms with Crippen LogP contribution in [-0.4, -0.2) is 42.9 Å². The van der Waals surface area contributed by atoms with Crippen LogP contribution >= 0.6 is 11.8 Å². The number of hydrogen-bond acceptors (Lipinski definition) is 5. The molecule has 0 spiro atoms. The van der Waals surface area contributed by atoms with Crippen LogP contribution in [0.25, 0.3) is 11.4 Å². The van der Waals surface area contributed by atoms with Crippen LogP contribution in [0, 0.1) is 0 Å². The molecule has 0 bridgehead atoms. The molecule has 0 aliphatic carbocycles. The molecule has 0 atom stereocenters. The Bertz CT molecular complexity index is 925. The molecular weight excluding hydrogens is 346 g/mol. The minimum atomic E-state index is 0.135. The van der Waals surface area contributed by atoms with Crippen molar-refractivity contribution in [2.45, 2.75) is 18.1 Å². The Morgan fingerprint density at radius 3 is 2.81 bits per heavy atom. The van der Waals surface area contributed by atoms with Gasteiger partial charge in [0, 0.05) is 38.1 Å². The van der Waals surface area contributed by atoms with Gasteiger partial charge in [-0.25, -0.2) is 0 Å². The maximum atomic E-state index is 12.6. The third-order valence-electron chi connectivity index (χ3n) is 4.56. The van der Waals surface area contributed by atoms with Gasteiger partial charge in [0.1, 0.15) is 0 Å². The zero-order valence-corrected chi connectivity index (χ0v) is 15.3. The Labute approximate surface area is 156 Å². The molecule has 3 heterocycles. The van der Waals surface area contributed by atoms with E-state index >= 15 is 0 Å². The zero-order valence-electron chi connectivity index (χ0n) is 14.5. The number of pyridine rings is 1. The summed E-state index contributed by atoms with van der Waals surface area (Å²) in [4.78, 5) is 18.6. The number of amides is 1. The SMILES string of the molecule is Cn1c(SCC(=O)N2CCc3ccccc3C2)nnc1-c1cccnc1. The molecule has 1 aromatic carbocycles. The number of aromatic nitrogens is 4. The fraction of sp³-hybridized carbons (Fsp3) is 0.263. The molecule has 2 aromatic heterocycles. The van der Waals surface area contributed by atoms with Crippen LogP contribution in [0.4, 0.5) is 0 Å². The predicted octanol–water partition coefficient (Wildman–Crippen LogP) is 2.55. The first kappa shape index (κ1) is 16.8. The molecule has 0 saturated carbocycles. The summed E-state index contributed by atoms with van der Waals surface area (Å²) < 4.78 is 1.90. The fourth-order valence-electron chi connectivity index (χ4n) is 3.11. The summed E-state index contributed by atoms with van der Waals surface area (Å²) in [6.07, 6.45) is 4.40. The van der Waals surface area contributed by atoms with Gasteiger partial charge in [-0.3, -0.25) is 9.78 Å². The molecule has 6 nitrogen and oxygen atoms in total. The second-order valence-corrected chi connectivity index (χ2v) is 7.17. The molecule has 4 rings (SSSR count).